The van der Waals surface area contributed by atoms with Crippen LogP contribution in [-0.2, 0) is 11.2 Å². The molecule has 31 heavy (non-hydrogen) atoms. The van der Waals surface area contributed by atoms with Crippen LogP contribution in [0.3, 0.4) is 0 Å². The molecule has 1 fully saturated rings. The molecule has 1 aromatic carbocycles. The first-order chi connectivity index (χ1) is 15.3. The minimum Gasteiger partial charge on any atom is -0.489 e. The van der Waals surface area contributed by atoms with E-state index in [0.29, 0.717) is 55.1 Å². The first-order valence-electron chi connectivity index (χ1n) is 11.0. The predicted molar refractivity (Wildman–Crippen MR) is 118 cm³/mol. The number of hydrogen-bond acceptors (Lipinski definition) is 6. The molecule has 3 aromatic rings. The molecule has 7 nitrogen and oxygen atoms in total. The van der Waals surface area contributed by atoms with Gasteiger partial charge in [0.2, 0.25) is 17.7 Å². The Morgan fingerprint density at radius 3 is 2.74 bits per heavy atom. The van der Waals surface area contributed by atoms with E-state index < -0.39 is 0 Å². The first kappa shape index (κ1) is 21.0. The number of anilines is 1. The van der Waals surface area contributed by atoms with Gasteiger partial charge < -0.3 is 14.5 Å². The zero-order valence-electron chi connectivity index (χ0n) is 17.6. The van der Waals surface area contributed by atoms with Crippen molar-refractivity contribution in [3.63, 3.8) is 0 Å². The van der Waals surface area contributed by atoms with Crippen molar-refractivity contribution in [2.75, 3.05) is 11.9 Å². The van der Waals surface area contributed by atoms with E-state index in [0.717, 1.165) is 5.56 Å². The Kier molecular flexibility index (Phi) is 7.26. The van der Waals surface area contributed by atoms with Gasteiger partial charge in [-0.2, -0.15) is 0 Å². The van der Waals surface area contributed by atoms with Gasteiger partial charge in [-0.05, 0) is 49.4 Å². The van der Waals surface area contributed by atoms with Crippen LogP contribution in [0.25, 0.3) is 11.5 Å². The number of nitrogens with one attached hydrogen (secondary N) is 1. The third-order valence-electron chi connectivity index (χ3n) is 5.51. The Balaban J connectivity index is 1.24. The number of benzene rings is 1. The highest BCUT2D eigenvalue weighted by Gasteiger charge is 2.16. The second-order valence-corrected chi connectivity index (χ2v) is 7.93. The van der Waals surface area contributed by atoms with Crippen LogP contribution in [0.2, 0.25) is 0 Å². The number of aryl methyl sites for hydroxylation is 1. The number of nitrogens with zero attached hydrogens (tertiary/aromatic N) is 3. The summed E-state index contributed by atoms with van der Waals surface area (Å²) in [6.07, 6.45) is 9.44. The number of pyridine rings is 1. The number of rotatable bonds is 9. The van der Waals surface area contributed by atoms with Crippen LogP contribution >= 0.6 is 0 Å². The lowest BCUT2D eigenvalue weighted by Gasteiger charge is -2.22. The number of carbonyl (C=O) groups is 1. The summed E-state index contributed by atoms with van der Waals surface area (Å²) in [7, 11) is 0. The van der Waals surface area contributed by atoms with Gasteiger partial charge >= 0.3 is 0 Å². The molecule has 1 aliphatic rings. The number of aromatic nitrogens is 3. The third-order valence-corrected chi connectivity index (χ3v) is 5.51. The lowest BCUT2D eigenvalue weighted by Crippen LogP contribution is -2.17. The SMILES string of the molecule is O=C(CCCc1nnc(-c2ccccc2)o1)Nc1ncccc1OCC1CCCCC1. The minimum absolute atomic E-state index is 0.107. The molecule has 0 spiro atoms. The Bertz CT molecular complexity index is 968. The monoisotopic (exact) mass is 420 g/mol. The van der Waals surface area contributed by atoms with Gasteiger partial charge in [-0.25, -0.2) is 4.98 Å². The zero-order valence-corrected chi connectivity index (χ0v) is 17.6. The van der Waals surface area contributed by atoms with Crippen LogP contribution < -0.4 is 10.1 Å². The molecule has 4 rings (SSSR count). The van der Waals surface area contributed by atoms with Crippen molar-refractivity contribution >= 4 is 11.7 Å². The number of carbonyl (C=O) groups excluding carboxylic acids is 1. The molecule has 1 amide bonds. The van der Waals surface area contributed by atoms with Gasteiger partial charge in [-0.1, -0.05) is 37.5 Å². The molecule has 0 bridgehead atoms. The average molecular weight is 421 g/mol. The van der Waals surface area contributed by atoms with Crippen molar-refractivity contribution < 1.29 is 13.9 Å². The Labute approximate surface area is 182 Å². The lowest BCUT2D eigenvalue weighted by molar-refractivity contribution is -0.116. The number of hydrogen-bond donors (Lipinski definition) is 1. The van der Waals surface area contributed by atoms with Crippen molar-refractivity contribution in [3.8, 4) is 17.2 Å². The van der Waals surface area contributed by atoms with Gasteiger partial charge in [0.1, 0.15) is 0 Å². The van der Waals surface area contributed by atoms with Crippen molar-refractivity contribution in [2.24, 2.45) is 5.92 Å². The van der Waals surface area contributed by atoms with Gasteiger partial charge in [0.15, 0.2) is 11.6 Å². The highest BCUT2D eigenvalue weighted by Crippen LogP contribution is 2.27. The molecule has 1 aliphatic carbocycles. The minimum atomic E-state index is -0.107. The van der Waals surface area contributed by atoms with Gasteiger partial charge in [-0.3, -0.25) is 4.79 Å². The molecule has 0 aliphatic heterocycles. The summed E-state index contributed by atoms with van der Waals surface area (Å²) in [5.41, 5.74) is 0.884. The van der Waals surface area contributed by atoms with E-state index in [4.69, 9.17) is 9.15 Å². The summed E-state index contributed by atoms with van der Waals surface area (Å²) >= 11 is 0. The molecular weight excluding hydrogens is 392 g/mol. The molecule has 2 aromatic heterocycles. The fourth-order valence-electron chi connectivity index (χ4n) is 3.81. The van der Waals surface area contributed by atoms with E-state index in [2.05, 4.69) is 20.5 Å². The fraction of sp³-hybridized carbons (Fsp3) is 0.417. The van der Waals surface area contributed by atoms with Crippen LogP contribution in [0.5, 0.6) is 5.75 Å². The Morgan fingerprint density at radius 1 is 1.06 bits per heavy atom. The van der Waals surface area contributed by atoms with E-state index in [1.165, 1.54) is 32.1 Å². The summed E-state index contributed by atoms with van der Waals surface area (Å²) in [5, 5.41) is 11.0. The van der Waals surface area contributed by atoms with Crippen molar-refractivity contribution in [1.29, 1.82) is 0 Å². The maximum atomic E-state index is 12.4. The number of amides is 1. The first-order valence-corrected chi connectivity index (χ1v) is 11.0. The quantitative estimate of drug-likeness (QED) is 0.521. The molecule has 0 saturated heterocycles. The molecule has 0 atom stereocenters. The summed E-state index contributed by atoms with van der Waals surface area (Å²) in [4.78, 5) is 16.7. The van der Waals surface area contributed by atoms with Gasteiger partial charge in [-0.15, -0.1) is 10.2 Å². The topological polar surface area (TPSA) is 90.1 Å². The number of ether oxygens (including phenoxy) is 1. The maximum absolute atomic E-state index is 12.4. The fourth-order valence-corrected chi connectivity index (χ4v) is 3.81. The van der Waals surface area contributed by atoms with Crippen LogP contribution in [0.1, 0.15) is 50.8 Å². The molecule has 1 saturated carbocycles. The predicted octanol–water partition coefficient (Wildman–Crippen LogP) is 5.05. The molecule has 162 valence electrons. The summed E-state index contributed by atoms with van der Waals surface area (Å²) in [6, 6.07) is 13.3. The standard InChI is InChI=1S/C24H28N4O3/c29-21(14-7-15-22-27-28-24(31-22)19-11-5-2-6-12-19)26-23-20(13-8-16-25-23)30-17-18-9-3-1-4-10-18/h2,5-6,8,11-13,16,18H,1,3-4,7,9-10,14-15,17H2,(H,25,26,29). The average Bonchev–Trinajstić information content (AvgIpc) is 3.29. The molecular formula is C24H28N4O3. The van der Waals surface area contributed by atoms with E-state index in [1.807, 2.05) is 42.5 Å². The maximum Gasteiger partial charge on any atom is 0.247 e. The Hall–Kier alpha value is -3.22. The third kappa shape index (κ3) is 6.13. The van der Waals surface area contributed by atoms with E-state index >= 15 is 0 Å². The highest BCUT2D eigenvalue weighted by atomic mass is 16.5. The molecule has 0 radical (unpaired) electrons. The lowest BCUT2D eigenvalue weighted by atomic mass is 9.90. The van der Waals surface area contributed by atoms with Crippen LogP contribution in [0.15, 0.2) is 53.1 Å². The van der Waals surface area contributed by atoms with E-state index in [1.54, 1.807) is 6.20 Å². The van der Waals surface area contributed by atoms with Crippen molar-refractivity contribution in [3.05, 3.63) is 54.6 Å². The summed E-state index contributed by atoms with van der Waals surface area (Å²) in [6.45, 7) is 0.676. The highest BCUT2D eigenvalue weighted by molar-refractivity contribution is 5.91. The molecule has 1 N–H and O–H groups in total. The summed E-state index contributed by atoms with van der Waals surface area (Å²) in [5.74, 6) is 2.62. The Morgan fingerprint density at radius 2 is 1.90 bits per heavy atom. The smallest absolute Gasteiger partial charge is 0.247 e. The van der Waals surface area contributed by atoms with Crippen LogP contribution in [0, 0.1) is 5.92 Å². The van der Waals surface area contributed by atoms with Gasteiger partial charge in [0.05, 0.1) is 6.61 Å². The van der Waals surface area contributed by atoms with Gasteiger partial charge in [0.25, 0.3) is 0 Å². The second kappa shape index (κ2) is 10.7. The van der Waals surface area contributed by atoms with Crippen molar-refractivity contribution in [1.82, 2.24) is 15.2 Å². The zero-order chi connectivity index (χ0) is 21.3. The van der Waals surface area contributed by atoms with E-state index in [-0.39, 0.29) is 5.91 Å². The second-order valence-electron chi connectivity index (χ2n) is 7.93. The summed E-state index contributed by atoms with van der Waals surface area (Å²) < 4.78 is 11.7. The van der Waals surface area contributed by atoms with Gasteiger partial charge in [0, 0.05) is 24.6 Å². The van der Waals surface area contributed by atoms with Crippen molar-refractivity contribution in [2.45, 2.75) is 51.4 Å². The molecule has 7 heteroatoms. The largest absolute Gasteiger partial charge is 0.489 e. The van der Waals surface area contributed by atoms with Crippen LogP contribution in [0.4, 0.5) is 5.82 Å². The molecule has 0 unspecified atom stereocenters. The van der Waals surface area contributed by atoms with Crippen LogP contribution in [-0.4, -0.2) is 27.7 Å². The van der Waals surface area contributed by atoms with E-state index in [9.17, 15) is 4.79 Å². The molecule has 2 heterocycles. The normalized spacial score (nSPS) is 14.3.